The molecule has 1 N–H and O–H groups in total. The van der Waals surface area contributed by atoms with E-state index in [1.807, 2.05) is 13.1 Å². The second-order valence-corrected chi connectivity index (χ2v) is 4.16. The smallest absolute Gasteiger partial charge is 0.0244 e. The Labute approximate surface area is 83.6 Å². The van der Waals surface area contributed by atoms with Crippen molar-refractivity contribution in [3.8, 4) is 0 Å². The fourth-order valence-corrected chi connectivity index (χ4v) is 1.47. The standard InChI is InChI=1S/C12H25N/c1-5-12(13-4)10-8-6-7-9-11(2)3/h5,11-13H,1,6-10H2,2-4H3. The zero-order chi connectivity index (χ0) is 10.1. The average molecular weight is 183 g/mol. The van der Waals surface area contributed by atoms with Gasteiger partial charge in [0.25, 0.3) is 0 Å². The molecule has 0 aromatic carbocycles. The molecule has 0 amide bonds. The average Bonchev–Trinajstić information content (AvgIpc) is 2.11. The molecule has 0 aromatic heterocycles. The van der Waals surface area contributed by atoms with Crippen LogP contribution in [0.5, 0.6) is 0 Å². The Kier molecular flexibility index (Phi) is 8.11. The summed E-state index contributed by atoms with van der Waals surface area (Å²) in [4.78, 5) is 0. The Bertz CT molecular complexity index is 118. The molecule has 0 saturated heterocycles. The molecule has 0 aliphatic heterocycles. The first-order valence-corrected chi connectivity index (χ1v) is 5.50. The van der Waals surface area contributed by atoms with E-state index in [1.54, 1.807) is 0 Å². The van der Waals surface area contributed by atoms with Gasteiger partial charge in [-0.3, -0.25) is 0 Å². The van der Waals surface area contributed by atoms with Crippen molar-refractivity contribution in [3.05, 3.63) is 12.7 Å². The quantitative estimate of drug-likeness (QED) is 0.449. The van der Waals surface area contributed by atoms with E-state index in [4.69, 9.17) is 0 Å². The van der Waals surface area contributed by atoms with Gasteiger partial charge < -0.3 is 5.32 Å². The summed E-state index contributed by atoms with van der Waals surface area (Å²) in [6, 6.07) is 0.513. The van der Waals surface area contributed by atoms with Gasteiger partial charge in [0.1, 0.15) is 0 Å². The molecule has 0 aromatic rings. The molecule has 1 atom stereocenters. The lowest BCUT2D eigenvalue weighted by atomic mass is 10.0. The Balaban J connectivity index is 3.19. The highest BCUT2D eigenvalue weighted by molar-refractivity contribution is 4.83. The van der Waals surface area contributed by atoms with Crippen LogP contribution in [0.4, 0.5) is 0 Å². The van der Waals surface area contributed by atoms with Crippen LogP contribution in [0.1, 0.15) is 46.0 Å². The van der Waals surface area contributed by atoms with Crippen molar-refractivity contribution in [2.45, 2.75) is 52.0 Å². The van der Waals surface area contributed by atoms with Crippen LogP contribution in [-0.2, 0) is 0 Å². The lowest BCUT2D eigenvalue weighted by Gasteiger charge is -2.10. The van der Waals surface area contributed by atoms with Crippen LogP contribution in [-0.4, -0.2) is 13.1 Å². The summed E-state index contributed by atoms with van der Waals surface area (Å²) in [5, 5.41) is 3.23. The zero-order valence-corrected chi connectivity index (χ0v) is 9.47. The predicted molar refractivity (Wildman–Crippen MR) is 61.0 cm³/mol. The van der Waals surface area contributed by atoms with Crippen LogP contribution in [0.15, 0.2) is 12.7 Å². The molecule has 78 valence electrons. The molecule has 0 aliphatic carbocycles. The fourth-order valence-electron chi connectivity index (χ4n) is 1.47. The van der Waals surface area contributed by atoms with Crippen LogP contribution in [0, 0.1) is 5.92 Å². The van der Waals surface area contributed by atoms with Crippen molar-refractivity contribution in [2.24, 2.45) is 5.92 Å². The number of hydrogen-bond donors (Lipinski definition) is 1. The first-order chi connectivity index (χ1) is 6.20. The van der Waals surface area contributed by atoms with Crippen molar-refractivity contribution >= 4 is 0 Å². The molecule has 0 heterocycles. The molecule has 0 radical (unpaired) electrons. The number of nitrogens with one attached hydrogen (secondary N) is 1. The van der Waals surface area contributed by atoms with Crippen LogP contribution in [0.2, 0.25) is 0 Å². The molecule has 0 bridgehead atoms. The summed E-state index contributed by atoms with van der Waals surface area (Å²) >= 11 is 0. The fraction of sp³-hybridized carbons (Fsp3) is 0.833. The molecule has 0 saturated carbocycles. The summed E-state index contributed by atoms with van der Waals surface area (Å²) in [6.45, 7) is 8.38. The van der Waals surface area contributed by atoms with E-state index in [0.717, 1.165) is 5.92 Å². The molecule has 0 fully saturated rings. The van der Waals surface area contributed by atoms with Crippen LogP contribution < -0.4 is 5.32 Å². The Hall–Kier alpha value is -0.300. The summed E-state index contributed by atoms with van der Waals surface area (Å²) in [6.07, 6.45) is 8.68. The lowest BCUT2D eigenvalue weighted by molar-refractivity contribution is 0.500. The third-order valence-electron chi connectivity index (χ3n) is 2.45. The van der Waals surface area contributed by atoms with Crippen molar-refractivity contribution in [2.75, 3.05) is 7.05 Å². The van der Waals surface area contributed by atoms with Gasteiger partial charge in [-0.05, 0) is 19.4 Å². The van der Waals surface area contributed by atoms with Gasteiger partial charge >= 0.3 is 0 Å². The Morgan fingerprint density at radius 3 is 2.23 bits per heavy atom. The number of likely N-dealkylation sites (N-methyl/N-ethyl adjacent to an activating group) is 1. The van der Waals surface area contributed by atoms with Gasteiger partial charge in [-0.25, -0.2) is 0 Å². The van der Waals surface area contributed by atoms with Crippen molar-refractivity contribution in [1.82, 2.24) is 5.32 Å². The molecule has 1 heteroatoms. The van der Waals surface area contributed by atoms with Gasteiger partial charge in [-0.1, -0.05) is 45.6 Å². The van der Waals surface area contributed by atoms with E-state index < -0.39 is 0 Å². The van der Waals surface area contributed by atoms with E-state index >= 15 is 0 Å². The maximum atomic E-state index is 3.80. The first-order valence-electron chi connectivity index (χ1n) is 5.50. The molecule has 0 rings (SSSR count). The van der Waals surface area contributed by atoms with Gasteiger partial charge in [0.15, 0.2) is 0 Å². The first kappa shape index (κ1) is 12.7. The number of unbranched alkanes of at least 4 members (excludes halogenated alkanes) is 2. The van der Waals surface area contributed by atoms with Gasteiger partial charge in [0, 0.05) is 6.04 Å². The van der Waals surface area contributed by atoms with E-state index in [0.29, 0.717) is 6.04 Å². The minimum Gasteiger partial charge on any atom is -0.314 e. The van der Waals surface area contributed by atoms with Gasteiger partial charge in [0.05, 0.1) is 0 Å². The van der Waals surface area contributed by atoms with E-state index in [-0.39, 0.29) is 0 Å². The summed E-state index contributed by atoms with van der Waals surface area (Å²) < 4.78 is 0. The lowest BCUT2D eigenvalue weighted by Crippen LogP contribution is -2.21. The second-order valence-electron chi connectivity index (χ2n) is 4.16. The van der Waals surface area contributed by atoms with E-state index in [1.165, 1.54) is 32.1 Å². The Morgan fingerprint density at radius 1 is 1.15 bits per heavy atom. The summed E-state index contributed by atoms with van der Waals surface area (Å²) in [5.74, 6) is 0.861. The van der Waals surface area contributed by atoms with Gasteiger partial charge in [0.2, 0.25) is 0 Å². The largest absolute Gasteiger partial charge is 0.314 e. The SMILES string of the molecule is C=CC(CCCCCC(C)C)NC. The predicted octanol–water partition coefficient (Wildman–Crippen LogP) is 3.37. The van der Waals surface area contributed by atoms with Crippen molar-refractivity contribution < 1.29 is 0 Å². The summed E-state index contributed by atoms with van der Waals surface area (Å²) in [5.41, 5.74) is 0. The topological polar surface area (TPSA) is 12.0 Å². The van der Waals surface area contributed by atoms with Crippen LogP contribution in [0.3, 0.4) is 0 Å². The molecule has 13 heavy (non-hydrogen) atoms. The molecular weight excluding hydrogens is 158 g/mol. The monoisotopic (exact) mass is 183 g/mol. The third kappa shape index (κ3) is 8.04. The summed E-state index contributed by atoms with van der Waals surface area (Å²) in [7, 11) is 2.00. The third-order valence-corrected chi connectivity index (χ3v) is 2.45. The van der Waals surface area contributed by atoms with Crippen LogP contribution >= 0.6 is 0 Å². The number of hydrogen-bond acceptors (Lipinski definition) is 1. The second kappa shape index (κ2) is 8.31. The highest BCUT2D eigenvalue weighted by Crippen LogP contribution is 2.10. The van der Waals surface area contributed by atoms with Gasteiger partial charge in [-0.2, -0.15) is 0 Å². The normalized spacial score (nSPS) is 13.2. The number of rotatable bonds is 8. The minimum absolute atomic E-state index is 0.513. The van der Waals surface area contributed by atoms with E-state index in [9.17, 15) is 0 Å². The van der Waals surface area contributed by atoms with Gasteiger partial charge in [-0.15, -0.1) is 6.58 Å². The van der Waals surface area contributed by atoms with Crippen molar-refractivity contribution in [1.29, 1.82) is 0 Å². The molecule has 1 unspecified atom stereocenters. The molecule has 1 nitrogen and oxygen atoms in total. The highest BCUT2D eigenvalue weighted by Gasteiger charge is 1.99. The van der Waals surface area contributed by atoms with Crippen molar-refractivity contribution in [3.63, 3.8) is 0 Å². The van der Waals surface area contributed by atoms with E-state index in [2.05, 4.69) is 25.7 Å². The zero-order valence-electron chi connectivity index (χ0n) is 9.47. The van der Waals surface area contributed by atoms with Crippen LogP contribution in [0.25, 0.3) is 0 Å². The molecular formula is C12H25N. The molecule has 0 spiro atoms. The highest BCUT2D eigenvalue weighted by atomic mass is 14.8. The maximum absolute atomic E-state index is 3.80. The maximum Gasteiger partial charge on any atom is 0.0244 e. The Morgan fingerprint density at radius 2 is 1.77 bits per heavy atom. The molecule has 0 aliphatic rings. The minimum atomic E-state index is 0.513.